The van der Waals surface area contributed by atoms with Gasteiger partial charge in [0.2, 0.25) is 0 Å². The van der Waals surface area contributed by atoms with Crippen molar-refractivity contribution in [2.75, 3.05) is 11.9 Å². The maximum absolute atomic E-state index is 11.3. The van der Waals surface area contributed by atoms with E-state index in [1.54, 1.807) is 12.1 Å². The van der Waals surface area contributed by atoms with Crippen LogP contribution in [-0.2, 0) is 0 Å². The predicted molar refractivity (Wildman–Crippen MR) is 79.6 cm³/mol. The summed E-state index contributed by atoms with van der Waals surface area (Å²) < 4.78 is 0. The van der Waals surface area contributed by atoms with Crippen LogP contribution in [-0.4, -0.2) is 28.5 Å². The number of nitrogens with one attached hydrogen (secondary N) is 1. The highest BCUT2D eigenvalue weighted by Gasteiger charge is 2.26. The molecule has 6 nitrogen and oxygen atoms in total. The van der Waals surface area contributed by atoms with Gasteiger partial charge in [-0.2, -0.15) is 0 Å². The molecular weight excluding hydrogens is 272 g/mol. The monoisotopic (exact) mass is 292 g/mol. The summed E-state index contributed by atoms with van der Waals surface area (Å²) >= 11 is 0. The topological polar surface area (TPSA) is 92.5 Å². The first-order valence-corrected chi connectivity index (χ1v) is 7.19. The lowest BCUT2D eigenvalue weighted by Crippen LogP contribution is -2.34. The molecule has 1 saturated carbocycles. The molecule has 0 aromatic heterocycles. The smallest absolute Gasteiger partial charge is 0.293 e. The van der Waals surface area contributed by atoms with E-state index in [2.05, 4.69) is 5.32 Å². The Balaban J connectivity index is 2.26. The Morgan fingerprint density at radius 1 is 1.43 bits per heavy atom. The minimum Gasteiger partial charge on any atom is -0.396 e. The summed E-state index contributed by atoms with van der Waals surface area (Å²) in [5.41, 5.74) is 0.648. The third-order valence-corrected chi connectivity index (χ3v) is 4.09. The molecule has 2 rings (SSSR count). The zero-order valence-electron chi connectivity index (χ0n) is 12.0. The first-order chi connectivity index (χ1) is 10.0. The molecule has 6 heteroatoms. The number of aliphatic hydroxyl groups excluding tert-OH is 1. The van der Waals surface area contributed by atoms with Crippen LogP contribution >= 0.6 is 0 Å². The van der Waals surface area contributed by atoms with Gasteiger partial charge in [-0.3, -0.25) is 14.9 Å². The lowest BCUT2D eigenvalue weighted by molar-refractivity contribution is -0.384. The highest BCUT2D eigenvalue weighted by Crippen LogP contribution is 2.31. The van der Waals surface area contributed by atoms with Gasteiger partial charge in [0.1, 0.15) is 5.69 Å². The lowest BCUT2D eigenvalue weighted by Gasteiger charge is -2.31. The van der Waals surface area contributed by atoms with Gasteiger partial charge in [0.25, 0.3) is 5.69 Å². The van der Waals surface area contributed by atoms with Gasteiger partial charge in [0.05, 0.1) is 4.92 Å². The van der Waals surface area contributed by atoms with E-state index >= 15 is 0 Å². The Kier molecular flexibility index (Phi) is 4.90. The van der Waals surface area contributed by atoms with Gasteiger partial charge in [0, 0.05) is 30.2 Å². The van der Waals surface area contributed by atoms with Crippen LogP contribution in [0.4, 0.5) is 11.4 Å². The van der Waals surface area contributed by atoms with Crippen molar-refractivity contribution in [3.8, 4) is 0 Å². The normalized spacial score (nSPS) is 21.8. The number of hydrogen-bond acceptors (Lipinski definition) is 5. The molecule has 1 aliphatic rings. The third-order valence-electron chi connectivity index (χ3n) is 4.09. The van der Waals surface area contributed by atoms with Crippen molar-refractivity contribution in [2.45, 2.75) is 38.6 Å². The van der Waals surface area contributed by atoms with E-state index in [1.807, 2.05) is 0 Å². The molecule has 1 aliphatic carbocycles. The number of carbonyl (C=O) groups is 1. The maximum Gasteiger partial charge on any atom is 0.293 e. The van der Waals surface area contributed by atoms with E-state index in [9.17, 15) is 20.0 Å². The quantitative estimate of drug-likeness (QED) is 0.494. The van der Waals surface area contributed by atoms with E-state index in [1.165, 1.54) is 13.0 Å². The van der Waals surface area contributed by atoms with Crippen molar-refractivity contribution in [1.29, 1.82) is 0 Å². The number of anilines is 1. The van der Waals surface area contributed by atoms with E-state index in [0.29, 0.717) is 11.3 Å². The SMILES string of the molecule is CC(=O)c1ccc(N[C@@H]2CCCC[C@H]2CO)c([N+](=O)[O-])c1. The summed E-state index contributed by atoms with van der Waals surface area (Å²) in [6.45, 7) is 1.46. The number of benzene rings is 1. The lowest BCUT2D eigenvalue weighted by atomic mass is 9.85. The molecule has 1 aromatic rings. The van der Waals surface area contributed by atoms with Gasteiger partial charge in [-0.25, -0.2) is 0 Å². The molecule has 0 saturated heterocycles. The first kappa shape index (κ1) is 15.4. The molecule has 0 unspecified atom stereocenters. The number of Topliss-reactive ketones (excluding diaryl/α,β-unsaturated/α-hetero) is 1. The number of rotatable bonds is 5. The highest BCUT2D eigenvalue weighted by atomic mass is 16.6. The van der Waals surface area contributed by atoms with Crippen molar-refractivity contribution in [1.82, 2.24) is 0 Å². The average Bonchev–Trinajstić information content (AvgIpc) is 2.47. The predicted octanol–water partition coefficient (Wildman–Crippen LogP) is 2.76. The molecule has 1 fully saturated rings. The van der Waals surface area contributed by atoms with E-state index in [0.717, 1.165) is 25.7 Å². The fourth-order valence-electron chi connectivity index (χ4n) is 2.84. The maximum atomic E-state index is 11.3. The Hall–Kier alpha value is -1.95. The summed E-state index contributed by atoms with van der Waals surface area (Å²) in [5, 5.41) is 23.8. The minimum atomic E-state index is -0.481. The van der Waals surface area contributed by atoms with E-state index in [-0.39, 0.29) is 30.0 Å². The van der Waals surface area contributed by atoms with Gasteiger partial charge in [-0.05, 0) is 31.9 Å². The van der Waals surface area contributed by atoms with E-state index < -0.39 is 4.92 Å². The number of nitro groups is 1. The van der Waals surface area contributed by atoms with Crippen LogP contribution in [0.15, 0.2) is 18.2 Å². The average molecular weight is 292 g/mol. The van der Waals surface area contributed by atoms with Crippen LogP contribution < -0.4 is 5.32 Å². The largest absolute Gasteiger partial charge is 0.396 e. The van der Waals surface area contributed by atoms with Crippen molar-refractivity contribution in [3.05, 3.63) is 33.9 Å². The number of hydrogen-bond donors (Lipinski definition) is 2. The second-order valence-electron chi connectivity index (χ2n) is 5.52. The van der Waals surface area contributed by atoms with Gasteiger partial charge in [-0.1, -0.05) is 12.8 Å². The molecular formula is C15H20N2O4. The first-order valence-electron chi connectivity index (χ1n) is 7.19. The molecule has 0 amide bonds. The summed E-state index contributed by atoms with van der Waals surface area (Å²) in [4.78, 5) is 22.1. The Morgan fingerprint density at radius 2 is 2.14 bits per heavy atom. The van der Waals surface area contributed by atoms with Crippen LogP contribution in [0.25, 0.3) is 0 Å². The van der Waals surface area contributed by atoms with Crippen LogP contribution in [0.2, 0.25) is 0 Å². The second-order valence-corrected chi connectivity index (χ2v) is 5.52. The summed E-state index contributed by atoms with van der Waals surface area (Å²) in [5.74, 6) is -0.0820. The highest BCUT2D eigenvalue weighted by molar-refractivity contribution is 5.95. The molecule has 0 aliphatic heterocycles. The minimum absolute atomic E-state index is 0.0330. The van der Waals surface area contributed by atoms with Crippen LogP contribution in [0.1, 0.15) is 43.0 Å². The van der Waals surface area contributed by atoms with E-state index in [4.69, 9.17) is 0 Å². The summed E-state index contributed by atoms with van der Waals surface area (Å²) in [7, 11) is 0. The standard InChI is InChI=1S/C15H20N2O4/c1-10(19)11-6-7-14(15(8-11)17(20)21)16-13-5-3-2-4-12(13)9-18/h6-8,12-13,16,18H,2-5,9H2,1H3/t12-,13+/m0/s1. The van der Waals surface area contributed by atoms with Crippen LogP contribution in [0.5, 0.6) is 0 Å². The van der Waals surface area contributed by atoms with Crippen molar-refractivity contribution >= 4 is 17.2 Å². The molecule has 114 valence electrons. The van der Waals surface area contributed by atoms with Crippen LogP contribution in [0, 0.1) is 16.0 Å². The fourth-order valence-corrected chi connectivity index (χ4v) is 2.84. The van der Waals surface area contributed by atoms with Crippen molar-refractivity contribution in [3.63, 3.8) is 0 Å². The number of nitrogens with zero attached hydrogens (tertiary/aromatic N) is 1. The molecule has 0 bridgehead atoms. The molecule has 0 radical (unpaired) electrons. The zero-order chi connectivity index (χ0) is 15.4. The fraction of sp³-hybridized carbons (Fsp3) is 0.533. The van der Waals surface area contributed by atoms with Gasteiger partial charge < -0.3 is 10.4 Å². The molecule has 2 atom stereocenters. The number of nitro benzene ring substituents is 1. The van der Waals surface area contributed by atoms with Crippen molar-refractivity contribution in [2.24, 2.45) is 5.92 Å². The Morgan fingerprint density at radius 3 is 2.76 bits per heavy atom. The third kappa shape index (κ3) is 3.58. The molecule has 21 heavy (non-hydrogen) atoms. The van der Waals surface area contributed by atoms with Gasteiger partial charge >= 0.3 is 0 Å². The molecule has 1 aromatic carbocycles. The second kappa shape index (κ2) is 6.67. The zero-order valence-corrected chi connectivity index (χ0v) is 12.0. The van der Waals surface area contributed by atoms with Crippen molar-refractivity contribution < 1.29 is 14.8 Å². The summed E-state index contributed by atoms with van der Waals surface area (Å²) in [6, 6.07) is 4.51. The van der Waals surface area contributed by atoms with Gasteiger partial charge in [-0.15, -0.1) is 0 Å². The van der Waals surface area contributed by atoms with Crippen LogP contribution in [0.3, 0.4) is 0 Å². The summed E-state index contributed by atoms with van der Waals surface area (Å²) in [6.07, 6.45) is 3.94. The molecule has 0 heterocycles. The number of aliphatic hydroxyl groups is 1. The Bertz CT molecular complexity index is 544. The number of ketones is 1. The van der Waals surface area contributed by atoms with Gasteiger partial charge in [0.15, 0.2) is 5.78 Å². The molecule has 2 N–H and O–H groups in total. The number of carbonyl (C=O) groups excluding carboxylic acids is 1. The molecule has 0 spiro atoms. The Labute approximate surface area is 123 Å².